The fraction of sp³-hybridized carbons (Fsp3) is 0.688. The first-order chi connectivity index (χ1) is 11.4. The van der Waals surface area contributed by atoms with E-state index in [4.69, 9.17) is 0 Å². The number of carbonyl (C=O) groups excluding carboxylic acids is 1. The van der Waals surface area contributed by atoms with E-state index >= 15 is 0 Å². The molecule has 1 fully saturated rings. The summed E-state index contributed by atoms with van der Waals surface area (Å²) in [6.45, 7) is 8.23. The number of nitrogens with one attached hydrogen (secondary N) is 1. The number of aliphatic imine (C=N–C) groups is 1. The Morgan fingerprint density at radius 3 is 2.75 bits per heavy atom. The van der Waals surface area contributed by atoms with Gasteiger partial charge in [0.2, 0.25) is 5.91 Å². The SMILES string of the molecule is CCNC(=NCC(C)(O)CC)N1CCN(c2cnn(C)c2)C(=O)C1. The molecule has 1 aromatic rings. The molecule has 2 rings (SSSR count). The summed E-state index contributed by atoms with van der Waals surface area (Å²) in [5.41, 5.74) is -0.0135. The van der Waals surface area contributed by atoms with Crippen LogP contribution in [0.5, 0.6) is 0 Å². The topological polar surface area (TPSA) is 86.0 Å². The van der Waals surface area contributed by atoms with E-state index in [0.29, 0.717) is 38.6 Å². The lowest BCUT2D eigenvalue weighted by atomic mass is 10.1. The molecule has 2 N–H and O–H groups in total. The highest BCUT2D eigenvalue weighted by Crippen LogP contribution is 2.16. The molecule has 0 saturated carbocycles. The van der Waals surface area contributed by atoms with E-state index in [9.17, 15) is 9.90 Å². The molecule has 2 heterocycles. The third kappa shape index (κ3) is 4.47. The van der Waals surface area contributed by atoms with Crippen LogP contribution in [0.4, 0.5) is 5.69 Å². The third-order valence-electron chi connectivity index (χ3n) is 4.19. The standard InChI is InChI=1S/C16H28N6O2/c1-5-16(3,24)12-18-15(17-6-2)21-7-8-22(14(23)11-21)13-9-19-20(4)10-13/h9-10,24H,5-8,11-12H2,1-4H3,(H,17,18). The normalized spacial score (nSPS) is 18.7. The van der Waals surface area contributed by atoms with Crippen molar-refractivity contribution in [2.24, 2.45) is 12.0 Å². The number of nitrogens with zero attached hydrogens (tertiary/aromatic N) is 5. The number of aryl methyl sites for hydroxylation is 1. The minimum atomic E-state index is -0.831. The quantitative estimate of drug-likeness (QED) is 0.592. The summed E-state index contributed by atoms with van der Waals surface area (Å²) in [7, 11) is 1.83. The van der Waals surface area contributed by atoms with Crippen LogP contribution < -0.4 is 10.2 Å². The summed E-state index contributed by atoms with van der Waals surface area (Å²) < 4.78 is 1.69. The maximum Gasteiger partial charge on any atom is 0.246 e. The van der Waals surface area contributed by atoms with Crippen LogP contribution in [-0.4, -0.2) is 70.0 Å². The zero-order valence-corrected chi connectivity index (χ0v) is 15.0. The Hall–Kier alpha value is -2.09. The van der Waals surface area contributed by atoms with E-state index < -0.39 is 5.60 Å². The van der Waals surface area contributed by atoms with Crippen molar-refractivity contribution in [3.05, 3.63) is 12.4 Å². The van der Waals surface area contributed by atoms with E-state index in [1.807, 2.05) is 32.0 Å². The number of piperazine rings is 1. The number of aliphatic hydroxyl groups is 1. The molecule has 24 heavy (non-hydrogen) atoms. The molecule has 0 aliphatic carbocycles. The second-order valence-electron chi connectivity index (χ2n) is 6.36. The predicted octanol–water partition coefficient (Wildman–Crippen LogP) is 0.195. The first-order valence-electron chi connectivity index (χ1n) is 8.41. The van der Waals surface area contributed by atoms with Gasteiger partial charge in [-0.05, 0) is 20.3 Å². The van der Waals surface area contributed by atoms with Crippen LogP contribution in [0, 0.1) is 0 Å². The number of anilines is 1. The number of carbonyl (C=O) groups is 1. The lowest BCUT2D eigenvalue weighted by molar-refractivity contribution is -0.120. The summed E-state index contributed by atoms with van der Waals surface area (Å²) in [5, 5.41) is 17.5. The molecule has 1 aromatic heterocycles. The van der Waals surface area contributed by atoms with Crippen molar-refractivity contribution in [1.29, 1.82) is 0 Å². The van der Waals surface area contributed by atoms with E-state index in [-0.39, 0.29) is 12.5 Å². The fourth-order valence-corrected chi connectivity index (χ4v) is 2.46. The summed E-state index contributed by atoms with van der Waals surface area (Å²) in [4.78, 5) is 20.7. The highest BCUT2D eigenvalue weighted by Gasteiger charge is 2.28. The molecule has 1 aliphatic heterocycles. The average Bonchev–Trinajstić information content (AvgIpc) is 2.97. The van der Waals surface area contributed by atoms with Gasteiger partial charge in [-0.15, -0.1) is 0 Å². The Kier molecular flexibility index (Phi) is 5.82. The van der Waals surface area contributed by atoms with Crippen molar-refractivity contribution in [3.8, 4) is 0 Å². The van der Waals surface area contributed by atoms with E-state index in [2.05, 4.69) is 15.4 Å². The zero-order valence-electron chi connectivity index (χ0n) is 15.0. The summed E-state index contributed by atoms with van der Waals surface area (Å²) in [6.07, 6.45) is 4.17. The van der Waals surface area contributed by atoms with Crippen molar-refractivity contribution < 1.29 is 9.90 Å². The molecule has 0 aromatic carbocycles. The molecule has 1 amide bonds. The summed E-state index contributed by atoms with van der Waals surface area (Å²) in [6, 6.07) is 0. The molecule has 0 radical (unpaired) electrons. The smallest absolute Gasteiger partial charge is 0.246 e. The number of hydrogen-bond acceptors (Lipinski definition) is 4. The van der Waals surface area contributed by atoms with Crippen LogP contribution >= 0.6 is 0 Å². The van der Waals surface area contributed by atoms with Crippen LogP contribution in [-0.2, 0) is 11.8 Å². The van der Waals surface area contributed by atoms with Gasteiger partial charge in [0.25, 0.3) is 0 Å². The van der Waals surface area contributed by atoms with Gasteiger partial charge in [-0.3, -0.25) is 14.5 Å². The van der Waals surface area contributed by atoms with E-state index in [1.165, 1.54) is 0 Å². The third-order valence-corrected chi connectivity index (χ3v) is 4.19. The monoisotopic (exact) mass is 336 g/mol. The van der Waals surface area contributed by atoms with Gasteiger partial charge in [-0.25, -0.2) is 0 Å². The van der Waals surface area contributed by atoms with Crippen molar-refractivity contribution in [2.45, 2.75) is 32.8 Å². The minimum Gasteiger partial charge on any atom is -0.388 e. The van der Waals surface area contributed by atoms with Crippen LogP contribution in [0.1, 0.15) is 27.2 Å². The molecular formula is C16H28N6O2. The van der Waals surface area contributed by atoms with Gasteiger partial charge in [-0.1, -0.05) is 6.92 Å². The Morgan fingerprint density at radius 2 is 2.21 bits per heavy atom. The first kappa shape index (κ1) is 18.3. The van der Waals surface area contributed by atoms with Crippen LogP contribution in [0.25, 0.3) is 0 Å². The lowest BCUT2D eigenvalue weighted by Crippen LogP contribution is -2.55. The van der Waals surface area contributed by atoms with Crippen molar-refractivity contribution in [3.63, 3.8) is 0 Å². The molecule has 8 nitrogen and oxygen atoms in total. The maximum absolute atomic E-state index is 12.5. The number of aromatic nitrogens is 2. The van der Waals surface area contributed by atoms with Gasteiger partial charge < -0.3 is 20.2 Å². The van der Waals surface area contributed by atoms with Gasteiger partial charge in [0, 0.05) is 32.9 Å². The molecule has 1 unspecified atom stereocenters. The van der Waals surface area contributed by atoms with Gasteiger partial charge in [-0.2, -0.15) is 5.10 Å². The number of rotatable bonds is 5. The Bertz CT molecular complexity index is 595. The van der Waals surface area contributed by atoms with Crippen molar-refractivity contribution in [1.82, 2.24) is 20.0 Å². The van der Waals surface area contributed by atoms with Crippen LogP contribution in [0.2, 0.25) is 0 Å². The molecule has 0 spiro atoms. The Morgan fingerprint density at radius 1 is 1.46 bits per heavy atom. The number of hydrogen-bond donors (Lipinski definition) is 2. The molecule has 134 valence electrons. The second kappa shape index (κ2) is 7.65. The largest absolute Gasteiger partial charge is 0.388 e. The molecule has 1 aliphatic rings. The van der Waals surface area contributed by atoms with E-state index in [1.54, 1.807) is 22.7 Å². The number of amides is 1. The molecule has 0 bridgehead atoms. The number of guanidine groups is 1. The predicted molar refractivity (Wildman–Crippen MR) is 94.0 cm³/mol. The highest BCUT2D eigenvalue weighted by molar-refractivity contribution is 5.98. The minimum absolute atomic E-state index is 0.0158. The molecule has 1 saturated heterocycles. The van der Waals surface area contributed by atoms with Gasteiger partial charge >= 0.3 is 0 Å². The van der Waals surface area contributed by atoms with Gasteiger partial charge in [0.05, 0.1) is 24.0 Å². The van der Waals surface area contributed by atoms with Crippen molar-refractivity contribution in [2.75, 3.05) is 37.6 Å². The zero-order chi connectivity index (χ0) is 17.7. The van der Waals surface area contributed by atoms with E-state index in [0.717, 1.165) is 5.69 Å². The van der Waals surface area contributed by atoms with Gasteiger partial charge in [0.1, 0.15) is 6.54 Å². The summed E-state index contributed by atoms with van der Waals surface area (Å²) >= 11 is 0. The van der Waals surface area contributed by atoms with Crippen LogP contribution in [0.15, 0.2) is 17.4 Å². The van der Waals surface area contributed by atoms with Gasteiger partial charge in [0.15, 0.2) is 5.96 Å². The lowest BCUT2D eigenvalue weighted by Gasteiger charge is -2.35. The van der Waals surface area contributed by atoms with Crippen LogP contribution in [0.3, 0.4) is 0 Å². The Balaban J connectivity index is 2.06. The van der Waals surface area contributed by atoms with Crippen molar-refractivity contribution >= 4 is 17.6 Å². The summed E-state index contributed by atoms with van der Waals surface area (Å²) in [5.74, 6) is 0.688. The molecule has 8 heteroatoms. The highest BCUT2D eigenvalue weighted by atomic mass is 16.3. The molecule has 1 atom stereocenters. The molecular weight excluding hydrogens is 308 g/mol. The second-order valence-corrected chi connectivity index (χ2v) is 6.36. The fourth-order valence-electron chi connectivity index (χ4n) is 2.46. The first-order valence-corrected chi connectivity index (χ1v) is 8.41. The maximum atomic E-state index is 12.5. The average molecular weight is 336 g/mol. The Labute approximate surface area is 143 Å².